The number of thiophene rings is 1. The van der Waals surface area contributed by atoms with Gasteiger partial charge in [-0.2, -0.15) is 0 Å². The third kappa shape index (κ3) is 3.59. The van der Waals surface area contributed by atoms with Crippen LogP contribution in [0.1, 0.15) is 28.8 Å². The van der Waals surface area contributed by atoms with Crippen LogP contribution in [0.4, 0.5) is 11.5 Å². The molecule has 0 saturated carbocycles. The standard InChI is InChI=1S/C21H23ClN4OS/c1-12-4-5-16(22)10-17(12)25-20(27)15-6-8-26(9-7-15)19-18-13(2)14(3)28-21(18)24-11-23-19/h4-5,10-11,15H,6-9H2,1-3H3,(H,25,27). The zero-order valence-corrected chi connectivity index (χ0v) is 17.8. The fourth-order valence-electron chi connectivity index (χ4n) is 3.72. The van der Waals surface area contributed by atoms with Crippen molar-refractivity contribution in [2.45, 2.75) is 33.6 Å². The molecule has 1 aliphatic heterocycles. The summed E-state index contributed by atoms with van der Waals surface area (Å²) in [5.41, 5.74) is 3.07. The minimum absolute atomic E-state index is 0.00253. The fourth-order valence-corrected chi connectivity index (χ4v) is 4.88. The van der Waals surface area contributed by atoms with Crippen LogP contribution in [0.2, 0.25) is 5.02 Å². The highest BCUT2D eigenvalue weighted by Gasteiger charge is 2.27. The van der Waals surface area contributed by atoms with E-state index in [1.807, 2.05) is 25.1 Å². The normalized spacial score (nSPS) is 15.2. The van der Waals surface area contributed by atoms with E-state index in [-0.39, 0.29) is 11.8 Å². The maximum atomic E-state index is 12.7. The van der Waals surface area contributed by atoms with Gasteiger partial charge in [0.15, 0.2) is 0 Å². The summed E-state index contributed by atoms with van der Waals surface area (Å²) < 4.78 is 0. The predicted octanol–water partition coefficient (Wildman–Crippen LogP) is 5.13. The average Bonchev–Trinajstić information content (AvgIpc) is 2.99. The third-order valence-corrected chi connectivity index (χ3v) is 6.92. The summed E-state index contributed by atoms with van der Waals surface area (Å²) >= 11 is 7.78. The number of nitrogens with one attached hydrogen (secondary N) is 1. The smallest absolute Gasteiger partial charge is 0.227 e. The summed E-state index contributed by atoms with van der Waals surface area (Å²) in [6, 6.07) is 5.57. The zero-order valence-electron chi connectivity index (χ0n) is 16.3. The van der Waals surface area contributed by atoms with Crippen molar-refractivity contribution >= 4 is 50.6 Å². The van der Waals surface area contributed by atoms with Crippen LogP contribution in [-0.2, 0) is 4.79 Å². The maximum absolute atomic E-state index is 12.7. The molecule has 0 bridgehead atoms. The van der Waals surface area contributed by atoms with Crippen molar-refractivity contribution in [3.05, 3.63) is 45.6 Å². The number of hydrogen-bond donors (Lipinski definition) is 1. The van der Waals surface area contributed by atoms with Crippen molar-refractivity contribution in [3.8, 4) is 0 Å². The van der Waals surface area contributed by atoms with Crippen LogP contribution in [0, 0.1) is 26.7 Å². The van der Waals surface area contributed by atoms with E-state index in [1.54, 1.807) is 17.7 Å². The Hall–Kier alpha value is -2.18. The fraction of sp³-hybridized carbons (Fsp3) is 0.381. The second-order valence-electron chi connectivity index (χ2n) is 7.37. The van der Waals surface area contributed by atoms with Gasteiger partial charge in [0.05, 0.1) is 5.39 Å². The Balaban J connectivity index is 1.46. The SMILES string of the molecule is Cc1ccc(Cl)cc1NC(=O)C1CCN(c2ncnc3sc(C)c(C)c23)CC1. The predicted molar refractivity (Wildman–Crippen MR) is 117 cm³/mol. The van der Waals surface area contributed by atoms with Gasteiger partial charge in [0.1, 0.15) is 17.0 Å². The minimum Gasteiger partial charge on any atom is -0.356 e. The van der Waals surface area contributed by atoms with E-state index in [9.17, 15) is 4.79 Å². The lowest BCUT2D eigenvalue weighted by molar-refractivity contribution is -0.120. The molecule has 1 aromatic carbocycles. The van der Waals surface area contributed by atoms with Crippen molar-refractivity contribution in [1.82, 2.24) is 9.97 Å². The number of amides is 1. The first kappa shape index (κ1) is 19.2. The van der Waals surface area contributed by atoms with Crippen molar-refractivity contribution in [2.75, 3.05) is 23.3 Å². The summed E-state index contributed by atoms with van der Waals surface area (Å²) in [6.07, 6.45) is 3.26. The van der Waals surface area contributed by atoms with Crippen LogP contribution in [0.3, 0.4) is 0 Å². The molecule has 0 atom stereocenters. The number of aryl methyl sites for hydroxylation is 3. The second kappa shape index (κ2) is 7.68. The number of carbonyl (C=O) groups excluding carboxylic acids is 1. The summed E-state index contributed by atoms with van der Waals surface area (Å²) in [5, 5.41) is 4.84. The van der Waals surface area contributed by atoms with Gasteiger partial charge in [0.2, 0.25) is 5.91 Å². The highest BCUT2D eigenvalue weighted by atomic mass is 35.5. The van der Waals surface area contributed by atoms with E-state index in [0.717, 1.165) is 53.2 Å². The number of rotatable bonds is 3. The molecular formula is C21H23ClN4OS. The van der Waals surface area contributed by atoms with Crippen molar-refractivity contribution in [2.24, 2.45) is 5.92 Å². The molecule has 4 rings (SSSR count). The lowest BCUT2D eigenvalue weighted by atomic mass is 9.95. The van der Waals surface area contributed by atoms with Crippen LogP contribution in [-0.4, -0.2) is 29.0 Å². The topological polar surface area (TPSA) is 58.1 Å². The Morgan fingerprint density at radius 3 is 2.71 bits per heavy atom. The van der Waals surface area contributed by atoms with Gasteiger partial charge in [-0.3, -0.25) is 4.79 Å². The van der Waals surface area contributed by atoms with Crippen LogP contribution in [0.15, 0.2) is 24.5 Å². The van der Waals surface area contributed by atoms with E-state index in [0.29, 0.717) is 5.02 Å². The number of anilines is 2. The van der Waals surface area contributed by atoms with E-state index < -0.39 is 0 Å². The van der Waals surface area contributed by atoms with Crippen LogP contribution in [0.25, 0.3) is 10.2 Å². The number of hydrogen-bond acceptors (Lipinski definition) is 5. The van der Waals surface area contributed by atoms with Gasteiger partial charge >= 0.3 is 0 Å². The molecule has 1 fully saturated rings. The molecule has 1 aliphatic rings. The molecule has 0 aliphatic carbocycles. The monoisotopic (exact) mass is 414 g/mol. The molecule has 1 amide bonds. The molecular weight excluding hydrogens is 392 g/mol. The molecule has 3 heterocycles. The van der Waals surface area contributed by atoms with Crippen molar-refractivity contribution in [1.29, 1.82) is 0 Å². The number of piperidine rings is 1. The first-order chi connectivity index (χ1) is 13.4. The van der Waals surface area contributed by atoms with E-state index >= 15 is 0 Å². The van der Waals surface area contributed by atoms with E-state index in [4.69, 9.17) is 11.6 Å². The molecule has 1 N–H and O–H groups in total. The Labute approximate surface area is 173 Å². The zero-order chi connectivity index (χ0) is 19.8. The average molecular weight is 415 g/mol. The lowest BCUT2D eigenvalue weighted by Gasteiger charge is -2.32. The third-order valence-electron chi connectivity index (χ3n) is 5.57. The Morgan fingerprint density at radius 2 is 1.96 bits per heavy atom. The van der Waals surface area contributed by atoms with Gasteiger partial charge < -0.3 is 10.2 Å². The second-order valence-corrected chi connectivity index (χ2v) is 9.01. The summed E-state index contributed by atoms with van der Waals surface area (Å²) in [5.74, 6) is 1.06. The van der Waals surface area contributed by atoms with Crippen LogP contribution in [0.5, 0.6) is 0 Å². The van der Waals surface area contributed by atoms with E-state index in [1.165, 1.54) is 10.4 Å². The molecule has 0 unspecified atom stereocenters. The van der Waals surface area contributed by atoms with Crippen molar-refractivity contribution in [3.63, 3.8) is 0 Å². The Morgan fingerprint density at radius 1 is 1.21 bits per heavy atom. The van der Waals surface area contributed by atoms with Gasteiger partial charge in [0.25, 0.3) is 0 Å². The highest BCUT2D eigenvalue weighted by molar-refractivity contribution is 7.18. The van der Waals surface area contributed by atoms with E-state index in [2.05, 4.69) is 34.0 Å². The minimum atomic E-state index is -0.00253. The number of nitrogens with zero attached hydrogens (tertiary/aromatic N) is 3. The largest absolute Gasteiger partial charge is 0.356 e. The van der Waals surface area contributed by atoms with Gasteiger partial charge in [-0.05, 0) is 56.9 Å². The number of benzene rings is 1. The van der Waals surface area contributed by atoms with Gasteiger partial charge in [0, 0.05) is 34.6 Å². The summed E-state index contributed by atoms with van der Waals surface area (Å²) in [4.78, 5) is 26.4. The number of fused-ring (bicyclic) bond motifs is 1. The Bertz CT molecular complexity index is 1040. The molecule has 7 heteroatoms. The van der Waals surface area contributed by atoms with Gasteiger partial charge in [-0.25, -0.2) is 9.97 Å². The maximum Gasteiger partial charge on any atom is 0.227 e. The van der Waals surface area contributed by atoms with Gasteiger partial charge in [-0.1, -0.05) is 17.7 Å². The number of carbonyl (C=O) groups is 1. The highest BCUT2D eigenvalue weighted by Crippen LogP contribution is 2.35. The quantitative estimate of drug-likeness (QED) is 0.645. The number of halogens is 1. The molecule has 5 nitrogen and oxygen atoms in total. The van der Waals surface area contributed by atoms with Gasteiger partial charge in [-0.15, -0.1) is 11.3 Å². The van der Waals surface area contributed by atoms with Crippen molar-refractivity contribution < 1.29 is 4.79 Å². The van der Waals surface area contributed by atoms with Crippen LogP contribution >= 0.6 is 22.9 Å². The molecule has 0 radical (unpaired) electrons. The molecule has 0 spiro atoms. The summed E-state index contributed by atoms with van der Waals surface area (Å²) in [6.45, 7) is 7.86. The molecule has 2 aromatic heterocycles. The summed E-state index contributed by atoms with van der Waals surface area (Å²) in [7, 11) is 0. The molecule has 146 valence electrons. The first-order valence-electron chi connectivity index (χ1n) is 9.46. The molecule has 28 heavy (non-hydrogen) atoms. The first-order valence-corrected chi connectivity index (χ1v) is 10.7. The lowest BCUT2D eigenvalue weighted by Crippen LogP contribution is -2.38. The van der Waals surface area contributed by atoms with Crippen LogP contribution < -0.4 is 10.2 Å². The molecule has 1 saturated heterocycles. The Kier molecular flexibility index (Phi) is 5.25. The molecule has 3 aromatic rings. The number of aromatic nitrogens is 2.